The largest absolute Gasteiger partial charge is 0.487 e. The predicted molar refractivity (Wildman–Crippen MR) is 85.5 cm³/mol. The van der Waals surface area contributed by atoms with Crippen LogP contribution in [0.5, 0.6) is 5.75 Å². The summed E-state index contributed by atoms with van der Waals surface area (Å²) in [4.78, 5) is 0. The summed E-state index contributed by atoms with van der Waals surface area (Å²) < 4.78 is 7.04. The van der Waals surface area contributed by atoms with Crippen LogP contribution in [0, 0.1) is 0 Å². The minimum Gasteiger partial charge on any atom is -0.487 e. The van der Waals surface area contributed by atoms with E-state index in [1.54, 1.807) is 11.3 Å². The van der Waals surface area contributed by atoms with Crippen LogP contribution in [-0.4, -0.2) is 0 Å². The van der Waals surface area contributed by atoms with E-state index in [-0.39, 0.29) is 0 Å². The molecule has 2 aromatic carbocycles. The van der Waals surface area contributed by atoms with E-state index in [0.29, 0.717) is 23.9 Å². The van der Waals surface area contributed by atoms with Crippen LogP contribution in [-0.2, 0) is 13.2 Å². The van der Waals surface area contributed by atoms with Gasteiger partial charge in [0.05, 0.1) is 5.02 Å². The minimum absolute atomic E-state index is 0.520. The van der Waals surface area contributed by atoms with Gasteiger partial charge in [0.25, 0.3) is 0 Å². The second kappa shape index (κ2) is 5.83. The fourth-order valence-electron chi connectivity index (χ4n) is 2.08. The SMILES string of the molecule is NCc1ccc2c(COc3ccccc3Cl)csc2c1. The van der Waals surface area contributed by atoms with Crippen molar-refractivity contribution in [3.8, 4) is 5.75 Å². The van der Waals surface area contributed by atoms with Gasteiger partial charge in [-0.05, 0) is 34.5 Å². The molecule has 0 aliphatic heterocycles. The van der Waals surface area contributed by atoms with E-state index in [1.165, 1.54) is 15.6 Å². The Morgan fingerprint density at radius 1 is 1.15 bits per heavy atom. The number of rotatable bonds is 4. The van der Waals surface area contributed by atoms with Crippen LogP contribution in [0.1, 0.15) is 11.1 Å². The third-order valence-corrected chi connectivity index (χ3v) is 4.48. The van der Waals surface area contributed by atoms with Gasteiger partial charge in [-0.1, -0.05) is 35.9 Å². The third-order valence-electron chi connectivity index (χ3n) is 3.18. The van der Waals surface area contributed by atoms with Crippen molar-refractivity contribution >= 4 is 33.0 Å². The van der Waals surface area contributed by atoms with Gasteiger partial charge in [-0.3, -0.25) is 0 Å². The lowest BCUT2D eigenvalue weighted by Gasteiger charge is -2.07. The lowest BCUT2D eigenvalue weighted by Crippen LogP contribution is -1.96. The first-order valence-corrected chi connectivity index (χ1v) is 7.60. The molecule has 0 unspecified atom stereocenters. The standard InChI is InChI=1S/C16H14ClNOS/c17-14-3-1-2-4-15(14)19-9-12-10-20-16-7-11(8-18)5-6-13(12)16/h1-7,10H,8-9,18H2. The number of benzene rings is 2. The molecule has 0 spiro atoms. The molecule has 2 nitrogen and oxygen atoms in total. The van der Waals surface area contributed by atoms with Crippen molar-refractivity contribution in [1.29, 1.82) is 0 Å². The maximum Gasteiger partial charge on any atom is 0.138 e. The molecule has 3 aromatic rings. The zero-order chi connectivity index (χ0) is 13.9. The van der Waals surface area contributed by atoms with E-state index in [4.69, 9.17) is 22.1 Å². The molecule has 1 aromatic heterocycles. The van der Waals surface area contributed by atoms with Gasteiger partial charge in [0.15, 0.2) is 0 Å². The van der Waals surface area contributed by atoms with E-state index in [9.17, 15) is 0 Å². The van der Waals surface area contributed by atoms with Gasteiger partial charge >= 0.3 is 0 Å². The predicted octanol–water partition coefficient (Wildman–Crippen LogP) is 4.59. The molecule has 0 fully saturated rings. The Morgan fingerprint density at radius 3 is 2.80 bits per heavy atom. The molecule has 0 aliphatic carbocycles. The van der Waals surface area contributed by atoms with Crippen molar-refractivity contribution in [1.82, 2.24) is 0 Å². The van der Waals surface area contributed by atoms with Gasteiger partial charge in [0, 0.05) is 16.8 Å². The molecule has 102 valence electrons. The summed E-state index contributed by atoms with van der Waals surface area (Å²) in [5, 5.41) is 3.98. The van der Waals surface area contributed by atoms with Crippen molar-refractivity contribution in [3.05, 3.63) is 64.0 Å². The topological polar surface area (TPSA) is 35.2 Å². The van der Waals surface area contributed by atoms with E-state index in [0.717, 1.165) is 5.56 Å². The molecule has 20 heavy (non-hydrogen) atoms. The van der Waals surface area contributed by atoms with Gasteiger partial charge in [0.1, 0.15) is 12.4 Å². The summed E-state index contributed by atoms with van der Waals surface area (Å²) in [7, 11) is 0. The Bertz CT molecular complexity index is 738. The molecule has 0 radical (unpaired) electrons. The Hall–Kier alpha value is -1.55. The van der Waals surface area contributed by atoms with Crippen LogP contribution in [0.15, 0.2) is 47.8 Å². The molecular formula is C16H14ClNOS. The summed E-state index contributed by atoms with van der Waals surface area (Å²) in [6, 6.07) is 13.8. The molecule has 0 aliphatic rings. The van der Waals surface area contributed by atoms with Crippen molar-refractivity contribution in [2.75, 3.05) is 0 Å². The highest BCUT2D eigenvalue weighted by atomic mass is 35.5. The Balaban J connectivity index is 1.83. The summed E-state index contributed by atoms with van der Waals surface area (Å²) in [5.74, 6) is 0.715. The van der Waals surface area contributed by atoms with Crippen molar-refractivity contribution < 1.29 is 4.74 Å². The smallest absolute Gasteiger partial charge is 0.138 e. The van der Waals surface area contributed by atoms with Crippen molar-refractivity contribution in [2.24, 2.45) is 5.73 Å². The first kappa shape index (κ1) is 13.4. The third kappa shape index (κ3) is 2.66. The number of hydrogen-bond acceptors (Lipinski definition) is 3. The molecule has 0 bridgehead atoms. The van der Waals surface area contributed by atoms with E-state index in [1.807, 2.05) is 24.3 Å². The van der Waals surface area contributed by atoms with Crippen LogP contribution in [0.2, 0.25) is 5.02 Å². The Labute approximate surface area is 126 Å². The number of nitrogens with two attached hydrogens (primary N) is 1. The zero-order valence-electron chi connectivity index (χ0n) is 10.8. The first-order valence-electron chi connectivity index (χ1n) is 6.34. The van der Waals surface area contributed by atoms with Crippen LogP contribution < -0.4 is 10.5 Å². The number of ether oxygens (including phenoxy) is 1. The normalized spacial score (nSPS) is 10.9. The van der Waals surface area contributed by atoms with Crippen molar-refractivity contribution in [3.63, 3.8) is 0 Å². The summed E-state index contributed by atoms with van der Waals surface area (Å²) in [6.07, 6.45) is 0. The van der Waals surface area contributed by atoms with Gasteiger partial charge in [-0.25, -0.2) is 0 Å². The molecule has 2 N–H and O–H groups in total. The molecule has 0 saturated carbocycles. The average molecular weight is 304 g/mol. The second-order valence-corrected chi connectivity index (χ2v) is 5.83. The molecule has 0 saturated heterocycles. The number of para-hydroxylation sites is 1. The molecule has 4 heteroatoms. The van der Waals surface area contributed by atoms with Crippen LogP contribution >= 0.6 is 22.9 Å². The highest BCUT2D eigenvalue weighted by molar-refractivity contribution is 7.17. The number of fused-ring (bicyclic) bond motifs is 1. The highest BCUT2D eigenvalue weighted by Crippen LogP contribution is 2.29. The number of halogens is 1. The second-order valence-electron chi connectivity index (χ2n) is 4.51. The highest BCUT2D eigenvalue weighted by Gasteiger charge is 2.07. The maximum atomic E-state index is 6.09. The van der Waals surface area contributed by atoms with E-state index >= 15 is 0 Å². The fourth-order valence-corrected chi connectivity index (χ4v) is 3.28. The summed E-state index contributed by atoms with van der Waals surface area (Å²) >= 11 is 7.80. The lowest BCUT2D eigenvalue weighted by atomic mass is 10.1. The van der Waals surface area contributed by atoms with Gasteiger partial charge in [-0.15, -0.1) is 11.3 Å². The summed E-state index contributed by atoms with van der Waals surface area (Å²) in [5.41, 5.74) is 7.99. The van der Waals surface area contributed by atoms with Crippen molar-refractivity contribution in [2.45, 2.75) is 13.2 Å². The van der Waals surface area contributed by atoms with Gasteiger partial charge in [0.2, 0.25) is 0 Å². The molecular weight excluding hydrogens is 290 g/mol. The van der Waals surface area contributed by atoms with Crippen LogP contribution in [0.4, 0.5) is 0 Å². The monoisotopic (exact) mass is 303 g/mol. The first-order chi connectivity index (χ1) is 9.78. The van der Waals surface area contributed by atoms with E-state index in [2.05, 4.69) is 23.6 Å². The molecule has 0 amide bonds. The van der Waals surface area contributed by atoms with Gasteiger partial charge < -0.3 is 10.5 Å². The Morgan fingerprint density at radius 2 is 2.00 bits per heavy atom. The summed E-state index contributed by atoms with van der Waals surface area (Å²) in [6.45, 7) is 1.09. The molecule has 3 rings (SSSR count). The Kier molecular flexibility index (Phi) is 3.92. The number of hydrogen-bond donors (Lipinski definition) is 1. The van der Waals surface area contributed by atoms with Gasteiger partial charge in [-0.2, -0.15) is 0 Å². The molecule has 0 atom stereocenters. The minimum atomic E-state index is 0.520. The zero-order valence-corrected chi connectivity index (χ0v) is 12.4. The van der Waals surface area contributed by atoms with Crippen LogP contribution in [0.3, 0.4) is 0 Å². The average Bonchev–Trinajstić information content (AvgIpc) is 2.88. The fraction of sp³-hybridized carbons (Fsp3) is 0.125. The maximum absolute atomic E-state index is 6.09. The molecule has 1 heterocycles. The number of thiophene rings is 1. The lowest BCUT2D eigenvalue weighted by molar-refractivity contribution is 0.308. The van der Waals surface area contributed by atoms with Crippen LogP contribution in [0.25, 0.3) is 10.1 Å². The quantitative estimate of drug-likeness (QED) is 0.765. The van der Waals surface area contributed by atoms with E-state index < -0.39 is 0 Å².